The first-order valence-electron chi connectivity index (χ1n) is 4.97. The molecule has 2 heterocycles. The van der Waals surface area contributed by atoms with E-state index in [4.69, 9.17) is 9.56 Å². The van der Waals surface area contributed by atoms with Gasteiger partial charge in [-0.05, 0) is 6.07 Å². The molecular weight excluding hydrogens is 256 g/mol. The highest BCUT2D eigenvalue weighted by atomic mass is 32.2. The minimum atomic E-state index is -3.89. The number of aromatic amines is 1. The molecule has 1 aromatic carbocycles. The Morgan fingerprint density at radius 1 is 1.28 bits per heavy atom. The highest BCUT2D eigenvalue weighted by molar-refractivity contribution is 7.89. The number of rotatable bonds is 2. The van der Waals surface area contributed by atoms with E-state index in [0.717, 1.165) is 5.39 Å². The molecule has 3 rings (SSSR count). The predicted molar refractivity (Wildman–Crippen MR) is 63.0 cm³/mol. The van der Waals surface area contributed by atoms with E-state index in [2.05, 4.69) is 15.2 Å². The van der Waals surface area contributed by atoms with Gasteiger partial charge in [-0.25, -0.2) is 18.7 Å². The Labute approximate surface area is 102 Å². The molecule has 0 aliphatic rings. The van der Waals surface area contributed by atoms with Gasteiger partial charge < -0.3 is 4.42 Å². The minimum Gasteiger partial charge on any atom is -0.464 e. The number of fused-ring (bicyclic) bond motifs is 1. The lowest BCUT2D eigenvalue weighted by Gasteiger charge is -1.90. The molecule has 0 aliphatic carbocycles. The predicted octanol–water partition coefficient (Wildman–Crippen LogP) is 0.865. The van der Waals surface area contributed by atoms with Crippen molar-refractivity contribution in [2.45, 2.75) is 5.16 Å². The Kier molecular flexibility index (Phi) is 2.22. The van der Waals surface area contributed by atoms with Crippen molar-refractivity contribution >= 4 is 21.0 Å². The monoisotopic (exact) mass is 264 g/mol. The van der Waals surface area contributed by atoms with Crippen LogP contribution in [0.15, 0.2) is 40.1 Å². The fourth-order valence-electron chi connectivity index (χ4n) is 1.65. The van der Waals surface area contributed by atoms with Crippen LogP contribution in [-0.4, -0.2) is 23.6 Å². The molecular formula is C10H8N4O3S. The summed E-state index contributed by atoms with van der Waals surface area (Å²) in [6.45, 7) is 0. The third-order valence-corrected chi connectivity index (χ3v) is 3.18. The zero-order chi connectivity index (χ0) is 12.8. The van der Waals surface area contributed by atoms with Crippen molar-refractivity contribution in [2.75, 3.05) is 0 Å². The number of nitrogens with one attached hydrogen (secondary N) is 1. The summed E-state index contributed by atoms with van der Waals surface area (Å²) in [4.78, 5) is 3.83. The number of para-hydroxylation sites is 1. The summed E-state index contributed by atoms with van der Waals surface area (Å²) in [6.07, 6.45) is 1.47. The van der Waals surface area contributed by atoms with Crippen LogP contribution < -0.4 is 5.14 Å². The molecule has 0 saturated heterocycles. The van der Waals surface area contributed by atoms with Gasteiger partial charge in [0.2, 0.25) is 0 Å². The molecule has 0 amide bonds. The molecule has 8 heteroatoms. The van der Waals surface area contributed by atoms with Gasteiger partial charge in [-0.2, -0.15) is 10.1 Å². The molecule has 3 N–H and O–H groups in total. The Morgan fingerprint density at radius 2 is 2.06 bits per heavy atom. The fourth-order valence-corrected chi connectivity index (χ4v) is 2.03. The first kappa shape index (κ1) is 10.9. The number of nitrogens with two attached hydrogens (primary N) is 1. The molecule has 92 valence electrons. The Hall–Kier alpha value is -2.19. The summed E-state index contributed by atoms with van der Waals surface area (Å²) >= 11 is 0. The highest BCUT2D eigenvalue weighted by Crippen LogP contribution is 2.28. The molecule has 0 saturated carbocycles. The lowest BCUT2D eigenvalue weighted by molar-refractivity contribution is 0.589. The van der Waals surface area contributed by atoms with Gasteiger partial charge in [-0.3, -0.25) is 0 Å². The highest BCUT2D eigenvalue weighted by Gasteiger charge is 2.17. The average molecular weight is 264 g/mol. The average Bonchev–Trinajstić information content (AvgIpc) is 2.94. The van der Waals surface area contributed by atoms with Crippen LogP contribution in [0.25, 0.3) is 22.4 Å². The van der Waals surface area contributed by atoms with E-state index in [1.807, 2.05) is 18.2 Å². The van der Waals surface area contributed by atoms with Gasteiger partial charge >= 0.3 is 0 Å². The molecule has 0 bridgehead atoms. The van der Waals surface area contributed by atoms with E-state index < -0.39 is 10.0 Å². The molecule has 0 unspecified atom stereocenters. The summed E-state index contributed by atoms with van der Waals surface area (Å²) in [7, 11) is -3.89. The maximum absolute atomic E-state index is 11.1. The molecule has 0 aliphatic heterocycles. The topological polar surface area (TPSA) is 115 Å². The summed E-state index contributed by atoms with van der Waals surface area (Å²) in [5, 5.41) is 11.5. The van der Waals surface area contributed by atoms with Crippen molar-refractivity contribution in [3.8, 4) is 11.4 Å². The molecule has 2 aromatic heterocycles. The smallest absolute Gasteiger partial charge is 0.273 e. The van der Waals surface area contributed by atoms with Crippen molar-refractivity contribution in [3.63, 3.8) is 0 Å². The number of sulfonamides is 1. The van der Waals surface area contributed by atoms with Gasteiger partial charge in [-0.15, -0.1) is 0 Å². The van der Waals surface area contributed by atoms with Crippen LogP contribution in [0.1, 0.15) is 0 Å². The van der Waals surface area contributed by atoms with Gasteiger partial charge in [0, 0.05) is 5.39 Å². The van der Waals surface area contributed by atoms with E-state index >= 15 is 0 Å². The quantitative estimate of drug-likeness (QED) is 0.712. The zero-order valence-corrected chi connectivity index (χ0v) is 9.81. The molecule has 0 atom stereocenters. The molecule has 0 radical (unpaired) electrons. The maximum Gasteiger partial charge on any atom is 0.273 e. The van der Waals surface area contributed by atoms with Gasteiger partial charge in [0.1, 0.15) is 11.8 Å². The Balaban J connectivity index is 2.18. The van der Waals surface area contributed by atoms with Crippen molar-refractivity contribution in [2.24, 2.45) is 5.14 Å². The number of H-pyrrole nitrogens is 1. The number of furan rings is 1. The Bertz CT molecular complexity index is 818. The van der Waals surface area contributed by atoms with E-state index in [-0.39, 0.29) is 11.0 Å². The zero-order valence-electron chi connectivity index (χ0n) is 8.99. The van der Waals surface area contributed by atoms with Crippen LogP contribution in [0, 0.1) is 0 Å². The van der Waals surface area contributed by atoms with Crippen molar-refractivity contribution < 1.29 is 12.8 Å². The lowest BCUT2D eigenvalue weighted by Crippen LogP contribution is -2.13. The van der Waals surface area contributed by atoms with Crippen LogP contribution in [0.3, 0.4) is 0 Å². The fraction of sp³-hybridized carbons (Fsp3) is 0. The first-order valence-corrected chi connectivity index (χ1v) is 6.52. The van der Waals surface area contributed by atoms with Crippen LogP contribution in [0.5, 0.6) is 0 Å². The van der Waals surface area contributed by atoms with Gasteiger partial charge in [0.05, 0.1) is 5.56 Å². The van der Waals surface area contributed by atoms with Gasteiger partial charge in [-0.1, -0.05) is 18.2 Å². The standard InChI is InChI=1S/C10H8N4O3S/c11-18(15,16)10-12-9(13-14-10)7-5-17-8-4-2-1-3-6(7)8/h1-5H,(H2,11,15,16)(H,12,13,14). The number of hydrogen-bond donors (Lipinski definition) is 2. The molecule has 3 aromatic rings. The third-order valence-electron chi connectivity index (χ3n) is 2.46. The number of benzene rings is 1. The first-order chi connectivity index (χ1) is 8.55. The van der Waals surface area contributed by atoms with E-state index in [1.54, 1.807) is 6.07 Å². The largest absolute Gasteiger partial charge is 0.464 e. The summed E-state index contributed by atoms with van der Waals surface area (Å²) in [5.41, 5.74) is 1.28. The second kappa shape index (κ2) is 3.65. The molecule has 0 fully saturated rings. The molecule has 18 heavy (non-hydrogen) atoms. The van der Waals surface area contributed by atoms with Crippen molar-refractivity contribution in [1.82, 2.24) is 15.2 Å². The molecule has 0 spiro atoms. The van der Waals surface area contributed by atoms with Crippen molar-refractivity contribution in [1.29, 1.82) is 0 Å². The van der Waals surface area contributed by atoms with Crippen LogP contribution in [0.4, 0.5) is 0 Å². The maximum atomic E-state index is 11.1. The number of aromatic nitrogens is 3. The van der Waals surface area contributed by atoms with E-state index in [0.29, 0.717) is 11.1 Å². The van der Waals surface area contributed by atoms with Crippen LogP contribution >= 0.6 is 0 Å². The van der Waals surface area contributed by atoms with E-state index in [9.17, 15) is 8.42 Å². The minimum absolute atomic E-state index is 0.226. The summed E-state index contributed by atoms with van der Waals surface area (Å²) < 4.78 is 27.5. The van der Waals surface area contributed by atoms with E-state index in [1.165, 1.54) is 6.26 Å². The normalized spacial score (nSPS) is 12.1. The second-order valence-electron chi connectivity index (χ2n) is 3.65. The van der Waals surface area contributed by atoms with Crippen molar-refractivity contribution in [3.05, 3.63) is 30.5 Å². The SMILES string of the molecule is NS(=O)(=O)c1nc(-c2coc3ccccc23)n[nH]1. The van der Waals surface area contributed by atoms with Crippen LogP contribution in [-0.2, 0) is 10.0 Å². The number of nitrogens with zero attached hydrogens (tertiary/aromatic N) is 2. The van der Waals surface area contributed by atoms with Crippen LogP contribution in [0.2, 0.25) is 0 Å². The molecule has 7 nitrogen and oxygen atoms in total. The van der Waals surface area contributed by atoms with Gasteiger partial charge in [0.15, 0.2) is 5.82 Å². The Morgan fingerprint density at radius 3 is 2.78 bits per heavy atom. The number of primary sulfonamides is 1. The second-order valence-corrected chi connectivity index (χ2v) is 5.13. The summed E-state index contributed by atoms with van der Waals surface area (Å²) in [6, 6.07) is 7.31. The van der Waals surface area contributed by atoms with Gasteiger partial charge in [0.25, 0.3) is 15.2 Å². The lowest BCUT2D eigenvalue weighted by atomic mass is 10.2. The number of hydrogen-bond acceptors (Lipinski definition) is 5. The third kappa shape index (κ3) is 1.67. The summed E-state index contributed by atoms with van der Waals surface area (Å²) in [5.74, 6) is 0.226.